The van der Waals surface area contributed by atoms with Crippen LogP contribution in [-0.2, 0) is 15.1 Å². The summed E-state index contributed by atoms with van der Waals surface area (Å²) in [6, 6.07) is 6.99. The molecule has 1 heterocycles. The Morgan fingerprint density at radius 1 is 1.11 bits per heavy atom. The molecule has 1 aliphatic rings. The summed E-state index contributed by atoms with van der Waals surface area (Å²) in [6.45, 7) is 0.570. The molecule has 2 aromatic rings. The maximum Gasteiger partial charge on any atom is 0.325 e. The number of amides is 4. The monoisotopic (exact) mass is 377 g/mol. The average molecular weight is 377 g/mol. The molecule has 0 bridgehead atoms. The van der Waals surface area contributed by atoms with Gasteiger partial charge in [-0.05, 0) is 25.1 Å². The minimum absolute atomic E-state index is 0.0533. The second kappa shape index (κ2) is 6.75. The van der Waals surface area contributed by atoms with E-state index in [0.717, 1.165) is 24.3 Å². The van der Waals surface area contributed by atoms with Gasteiger partial charge in [0.1, 0.15) is 29.5 Å². The van der Waals surface area contributed by atoms with Crippen LogP contribution in [0.15, 0.2) is 42.5 Å². The molecule has 3 rings (SSSR count). The lowest BCUT2D eigenvalue weighted by atomic mass is 9.91. The van der Waals surface area contributed by atoms with Crippen molar-refractivity contribution >= 4 is 23.5 Å². The smallest absolute Gasteiger partial charge is 0.322 e. The highest BCUT2D eigenvalue weighted by atomic mass is 19.1. The molecule has 140 valence electrons. The van der Waals surface area contributed by atoms with Crippen molar-refractivity contribution in [2.75, 3.05) is 11.9 Å². The van der Waals surface area contributed by atoms with E-state index in [4.69, 9.17) is 0 Å². The van der Waals surface area contributed by atoms with Gasteiger partial charge in [-0.15, -0.1) is 0 Å². The molecule has 6 nitrogen and oxygen atoms in total. The molecule has 0 aliphatic carbocycles. The molecular weight excluding hydrogens is 363 g/mol. The molecule has 2 aromatic carbocycles. The average Bonchev–Trinajstić information content (AvgIpc) is 2.82. The number of halogens is 3. The Balaban J connectivity index is 1.79. The van der Waals surface area contributed by atoms with Crippen LogP contribution in [0.4, 0.5) is 23.7 Å². The quantitative estimate of drug-likeness (QED) is 0.804. The summed E-state index contributed by atoms with van der Waals surface area (Å²) in [5.41, 5.74) is -2.17. The van der Waals surface area contributed by atoms with Crippen molar-refractivity contribution in [2.24, 2.45) is 0 Å². The van der Waals surface area contributed by atoms with E-state index < -0.39 is 53.1 Å². The number of benzene rings is 2. The van der Waals surface area contributed by atoms with Crippen molar-refractivity contribution in [1.82, 2.24) is 10.2 Å². The number of hydrogen-bond donors (Lipinski definition) is 2. The summed E-state index contributed by atoms with van der Waals surface area (Å²) in [6.07, 6.45) is 0. The van der Waals surface area contributed by atoms with E-state index in [1.165, 1.54) is 25.1 Å². The van der Waals surface area contributed by atoms with E-state index in [2.05, 4.69) is 10.6 Å². The van der Waals surface area contributed by atoms with Gasteiger partial charge in [-0.3, -0.25) is 14.5 Å². The fraction of sp³-hybridized carbons (Fsp3) is 0.167. The van der Waals surface area contributed by atoms with Gasteiger partial charge < -0.3 is 10.6 Å². The van der Waals surface area contributed by atoms with Crippen LogP contribution in [0.5, 0.6) is 0 Å². The SMILES string of the molecule is CC1(c2ccccc2F)NC(=O)N(CC(=O)Nc2cc(F)ccc2F)C1=O. The molecule has 1 fully saturated rings. The van der Waals surface area contributed by atoms with Crippen molar-refractivity contribution < 1.29 is 27.6 Å². The Kier molecular flexibility index (Phi) is 4.61. The number of nitrogens with zero attached hydrogens (tertiary/aromatic N) is 1. The molecule has 1 saturated heterocycles. The van der Waals surface area contributed by atoms with E-state index in [9.17, 15) is 27.6 Å². The van der Waals surface area contributed by atoms with Crippen LogP contribution in [0.25, 0.3) is 0 Å². The number of rotatable bonds is 4. The van der Waals surface area contributed by atoms with Crippen LogP contribution in [0, 0.1) is 17.5 Å². The van der Waals surface area contributed by atoms with Crippen molar-refractivity contribution in [2.45, 2.75) is 12.5 Å². The molecule has 4 amide bonds. The zero-order chi connectivity index (χ0) is 19.8. The Morgan fingerprint density at radius 2 is 1.81 bits per heavy atom. The molecule has 0 radical (unpaired) electrons. The van der Waals surface area contributed by atoms with E-state index >= 15 is 0 Å². The van der Waals surface area contributed by atoms with Crippen molar-refractivity contribution in [1.29, 1.82) is 0 Å². The van der Waals surface area contributed by atoms with Gasteiger partial charge in [-0.1, -0.05) is 18.2 Å². The predicted molar refractivity (Wildman–Crippen MR) is 89.0 cm³/mol. The molecule has 1 unspecified atom stereocenters. The van der Waals surface area contributed by atoms with Gasteiger partial charge in [0.2, 0.25) is 5.91 Å². The zero-order valence-electron chi connectivity index (χ0n) is 14.1. The predicted octanol–water partition coefficient (Wildman–Crippen LogP) is 2.51. The molecular formula is C18H14F3N3O3. The lowest BCUT2D eigenvalue weighted by Gasteiger charge is -2.22. The summed E-state index contributed by atoms with van der Waals surface area (Å²) in [5.74, 6) is -4.10. The highest BCUT2D eigenvalue weighted by Crippen LogP contribution is 2.30. The van der Waals surface area contributed by atoms with Crippen LogP contribution in [0.3, 0.4) is 0 Å². The number of urea groups is 1. The fourth-order valence-corrected chi connectivity index (χ4v) is 2.82. The van der Waals surface area contributed by atoms with Gasteiger partial charge in [0.25, 0.3) is 5.91 Å². The van der Waals surface area contributed by atoms with Crippen molar-refractivity contribution in [3.63, 3.8) is 0 Å². The van der Waals surface area contributed by atoms with Crippen LogP contribution in [0.1, 0.15) is 12.5 Å². The van der Waals surface area contributed by atoms with Crippen LogP contribution >= 0.6 is 0 Å². The minimum atomic E-state index is -1.69. The lowest BCUT2D eigenvalue weighted by molar-refractivity contribution is -0.133. The first-order valence-electron chi connectivity index (χ1n) is 7.86. The first kappa shape index (κ1) is 18.4. The first-order valence-corrected chi connectivity index (χ1v) is 7.86. The third-order valence-corrected chi connectivity index (χ3v) is 4.19. The molecule has 1 atom stereocenters. The maximum atomic E-state index is 14.1. The number of hydrogen-bond acceptors (Lipinski definition) is 3. The maximum absolute atomic E-state index is 14.1. The van der Waals surface area contributed by atoms with E-state index in [1.807, 2.05) is 0 Å². The first-order chi connectivity index (χ1) is 12.7. The Labute approximate surface area is 152 Å². The Morgan fingerprint density at radius 3 is 2.52 bits per heavy atom. The van der Waals surface area contributed by atoms with Crippen molar-refractivity contribution in [3.05, 3.63) is 65.5 Å². The number of carbonyl (C=O) groups excluding carboxylic acids is 3. The standard InChI is InChI=1S/C18H14F3N3O3/c1-18(11-4-2-3-5-12(11)20)16(26)24(17(27)23-18)9-15(25)22-14-8-10(19)6-7-13(14)21/h2-8H,9H2,1H3,(H,22,25)(H,23,27). The van der Waals surface area contributed by atoms with Crippen LogP contribution in [0.2, 0.25) is 0 Å². The second-order valence-corrected chi connectivity index (χ2v) is 6.10. The van der Waals surface area contributed by atoms with Gasteiger partial charge in [0.15, 0.2) is 0 Å². The molecule has 2 N–H and O–H groups in total. The largest absolute Gasteiger partial charge is 0.325 e. The van der Waals surface area contributed by atoms with Gasteiger partial charge in [0, 0.05) is 11.6 Å². The normalized spacial score (nSPS) is 19.2. The molecule has 0 aromatic heterocycles. The second-order valence-electron chi connectivity index (χ2n) is 6.10. The molecule has 0 spiro atoms. The summed E-state index contributed by atoms with van der Waals surface area (Å²) in [4.78, 5) is 37.5. The highest BCUT2D eigenvalue weighted by Gasteiger charge is 2.50. The summed E-state index contributed by atoms with van der Waals surface area (Å²) in [7, 11) is 0. The van der Waals surface area contributed by atoms with E-state index in [-0.39, 0.29) is 5.56 Å². The Bertz CT molecular complexity index is 950. The highest BCUT2D eigenvalue weighted by molar-refractivity contribution is 6.10. The van der Waals surface area contributed by atoms with Crippen LogP contribution in [-0.4, -0.2) is 29.3 Å². The topological polar surface area (TPSA) is 78.5 Å². The number of imide groups is 1. The minimum Gasteiger partial charge on any atom is -0.322 e. The summed E-state index contributed by atoms with van der Waals surface area (Å²) >= 11 is 0. The Hall–Kier alpha value is -3.36. The molecule has 27 heavy (non-hydrogen) atoms. The van der Waals surface area contributed by atoms with Gasteiger partial charge in [-0.2, -0.15) is 0 Å². The van der Waals surface area contributed by atoms with Crippen LogP contribution < -0.4 is 10.6 Å². The summed E-state index contributed by atoms with van der Waals surface area (Å²) < 4.78 is 40.8. The molecule has 9 heteroatoms. The molecule has 0 saturated carbocycles. The number of carbonyl (C=O) groups is 3. The zero-order valence-corrected chi connectivity index (χ0v) is 14.1. The van der Waals surface area contributed by atoms with E-state index in [1.54, 1.807) is 0 Å². The van der Waals surface area contributed by atoms with Gasteiger partial charge >= 0.3 is 6.03 Å². The summed E-state index contributed by atoms with van der Waals surface area (Å²) in [5, 5.41) is 4.46. The van der Waals surface area contributed by atoms with Gasteiger partial charge in [-0.25, -0.2) is 18.0 Å². The van der Waals surface area contributed by atoms with Gasteiger partial charge in [0.05, 0.1) is 5.69 Å². The fourth-order valence-electron chi connectivity index (χ4n) is 2.82. The third-order valence-electron chi connectivity index (χ3n) is 4.19. The third kappa shape index (κ3) is 3.35. The lowest BCUT2D eigenvalue weighted by Crippen LogP contribution is -2.42. The number of nitrogens with one attached hydrogen (secondary N) is 2. The van der Waals surface area contributed by atoms with E-state index in [0.29, 0.717) is 4.90 Å². The number of anilines is 1. The molecule has 1 aliphatic heterocycles. The van der Waals surface area contributed by atoms with Crippen molar-refractivity contribution in [3.8, 4) is 0 Å².